The Labute approximate surface area is 94.8 Å². The van der Waals surface area contributed by atoms with Crippen LogP contribution >= 0.6 is 0 Å². The first-order valence-corrected chi connectivity index (χ1v) is 5.34. The molecule has 1 aromatic rings. The van der Waals surface area contributed by atoms with E-state index in [1.54, 1.807) is 0 Å². The molecule has 1 aromatic carbocycles. The number of carbonyl (C=O) groups is 1. The van der Waals surface area contributed by atoms with Gasteiger partial charge in [0.1, 0.15) is 5.82 Å². The van der Waals surface area contributed by atoms with Crippen LogP contribution in [-0.2, 0) is 0 Å². The number of amides is 1. The smallest absolute Gasteiger partial charge is 0.254 e. The third kappa shape index (κ3) is 3.53. The zero-order valence-electron chi connectivity index (χ0n) is 9.59. The number of carbonyl (C=O) groups excluding carboxylic acids is 1. The number of nitrogen functional groups attached to an aromatic ring is 1. The molecule has 0 aliphatic rings. The fourth-order valence-corrected chi connectivity index (χ4v) is 1.29. The molecular weight excluding hydrogens is 207 g/mol. The molecule has 0 aliphatic heterocycles. The van der Waals surface area contributed by atoms with Crippen molar-refractivity contribution in [1.29, 1.82) is 0 Å². The van der Waals surface area contributed by atoms with Crippen molar-refractivity contribution in [3.63, 3.8) is 0 Å². The second kappa shape index (κ2) is 5.49. The molecule has 0 atom stereocenters. The van der Waals surface area contributed by atoms with Crippen LogP contribution in [0, 0.1) is 11.7 Å². The monoisotopic (exact) mass is 224 g/mol. The molecule has 1 amide bonds. The van der Waals surface area contributed by atoms with Crippen molar-refractivity contribution in [2.75, 3.05) is 12.3 Å². The highest BCUT2D eigenvalue weighted by molar-refractivity contribution is 5.95. The zero-order valence-corrected chi connectivity index (χ0v) is 9.59. The molecule has 88 valence electrons. The zero-order chi connectivity index (χ0) is 12.1. The Morgan fingerprint density at radius 3 is 2.81 bits per heavy atom. The second-order valence-electron chi connectivity index (χ2n) is 4.18. The van der Waals surface area contributed by atoms with E-state index in [0.29, 0.717) is 18.2 Å². The minimum atomic E-state index is -0.545. The summed E-state index contributed by atoms with van der Waals surface area (Å²) in [5.74, 6) is -0.451. The largest absolute Gasteiger partial charge is 0.399 e. The molecule has 1 rings (SSSR count). The van der Waals surface area contributed by atoms with E-state index in [4.69, 9.17) is 5.73 Å². The van der Waals surface area contributed by atoms with E-state index in [1.165, 1.54) is 18.2 Å². The van der Waals surface area contributed by atoms with Crippen LogP contribution in [0.25, 0.3) is 0 Å². The summed E-state index contributed by atoms with van der Waals surface area (Å²) in [4.78, 5) is 11.6. The van der Waals surface area contributed by atoms with E-state index in [9.17, 15) is 9.18 Å². The minimum absolute atomic E-state index is 0.00348. The first-order chi connectivity index (χ1) is 7.50. The van der Waals surface area contributed by atoms with Crippen LogP contribution in [0.2, 0.25) is 0 Å². The van der Waals surface area contributed by atoms with Gasteiger partial charge in [-0.1, -0.05) is 13.8 Å². The van der Waals surface area contributed by atoms with Crippen LogP contribution < -0.4 is 11.1 Å². The molecule has 0 heterocycles. The van der Waals surface area contributed by atoms with Gasteiger partial charge in [0.15, 0.2) is 0 Å². The number of benzene rings is 1. The molecule has 0 spiro atoms. The number of hydrogen-bond acceptors (Lipinski definition) is 2. The molecule has 3 N–H and O–H groups in total. The van der Waals surface area contributed by atoms with Gasteiger partial charge in [-0.2, -0.15) is 0 Å². The second-order valence-corrected chi connectivity index (χ2v) is 4.18. The molecule has 0 fully saturated rings. The van der Waals surface area contributed by atoms with Gasteiger partial charge in [-0.15, -0.1) is 0 Å². The standard InChI is InChI=1S/C12H17FN2O/c1-8(2)5-6-15-12(16)10-7-9(14)3-4-11(10)13/h3-4,7-8H,5-6,14H2,1-2H3,(H,15,16). The predicted molar refractivity (Wildman–Crippen MR) is 62.6 cm³/mol. The normalized spacial score (nSPS) is 10.5. The van der Waals surface area contributed by atoms with Crippen LogP contribution in [0.5, 0.6) is 0 Å². The minimum Gasteiger partial charge on any atom is -0.399 e. The lowest BCUT2D eigenvalue weighted by Crippen LogP contribution is -2.26. The van der Waals surface area contributed by atoms with E-state index in [-0.39, 0.29) is 5.56 Å². The molecule has 3 nitrogen and oxygen atoms in total. The lowest BCUT2D eigenvalue weighted by Gasteiger charge is -2.08. The third-order valence-corrected chi connectivity index (χ3v) is 2.24. The molecule has 0 radical (unpaired) electrons. The van der Waals surface area contributed by atoms with Crippen molar-refractivity contribution in [3.8, 4) is 0 Å². The fraction of sp³-hybridized carbons (Fsp3) is 0.417. The number of halogens is 1. The Kier molecular flexibility index (Phi) is 4.28. The molecule has 0 saturated heterocycles. The topological polar surface area (TPSA) is 55.1 Å². The Morgan fingerprint density at radius 1 is 1.50 bits per heavy atom. The van der Waals surface area contributed by atoms with Crippen molar-refractivity contribution in [3.05, 3.63) is 29.6 Å². The van der Waals surface area contributed by atoms with Crippen LogP contribution in [-0.4, -0.2) is 12.5 Å². The average Bonchev–Trinajstić information content (AvgIpc) is 2.21. The maximum absolute atomic E-state index is 13.3. The summed E-state index contributed by atoms with van der Waals surface area (Å²) in [6.07, 6.45) is 0.871. The van der Waals surface area contributed by atoms with Gasteiger partial charge in [-0.25, -0.2) is 4.39 Å². The number of rotatable bonds is 4. The van der Waals surface area contributed by atoms with Crippen molar-refractivity contribution in [2.45, 2.75) is 20.3 Å². The number of hydrogen-bond donors (Lipinski definition) is 2. The summed E-state index contributed by atoms with van der Waals surface area (Å²) in [5, 5.41) is 2.66. The van der Waals surface area contributed by atoms with Gasteiger partial charge in [-0.3, -0.25) is 4.79 Å². The van der Waals surface area contributed by atoms with E-state index < -0.39 is 11.7 Å². The van der Waals surface area contributed by atoms with Crippen molar-refractivity contribution in [1.82, 2.24) is 5.32 Å². The summed E-state index contributed by atoms with van der Waals surface area (Å²) < 4.78 is 13.3. The number of nitrogens with one attached hydrogen (secondary N) is 1. The lowest BCUT2D eigenvalue weighted by atomic mass is 10.1. The van der Waals surface area contributed by atoms with Gasteiger partial charge in [0.25, 0.3) is 5.91 Å². The SMILES string of the molecule is CC(C)CCNC(=O)c1cc(N)ccc1F. The van der Waals surface area contributed by atoms with Gasteiger partial charge in [0.05, 0.1) is 5.56 Å². The molecule has 4 heteroatoms. The maximum Gasteiger partial charge on any atom is 0.254 e. The summed E-state index contributed by atoms with van der Waals surface area (Å²) in [5.41, 5.74) is 5.88. The predicted octanol–water partition coefficient (Wildman–Crippen LogP) is 2.18. The molecule has 16 heavy (non-hydrogen) atoms. The quantitative estimate of drug-likeness (QED) is 0.770. The summed E-state index contributed by atoms with van der Waals surface area (Å²) in [7, 11) is 0. The Balaban J connectivity index is 2.62. The molecule has 0 saturated carbocycles. The highest BCUT2D eigenvalue weighted by atomic mass is 19.1. The van der Waals surface area contributed by atoms with Crippen molar-refractivity contribution in [2.24, 2.45) is 5.92 Å². The van der Waals surface area contributed by atoms with Gasteiger partial charge in [-0.05, 0) is 30.5 Å². The number of nitrogens with two attached hydrogens (primary N) is 1. The van der Waals surface area contributed by atoms with Gasteiger partial charge in [0, 0.05) is 12.2 Å². The highest BCUT2D eigenvalue weighted by Crippen LogP contribution is 2.11. The van der Waals surface area contributed by atoms with E-state index in [2.05, 4.69) is 19.2 Å². The van der Waals surface area contributed by atoms with Crippen LogP contribution in [0.15, 0.2) is 18.2 Å². The molecule has 0 aliphatic carbocycles. The first-order valence-electron chi connectivity index (χ1n) is 5.34. The summed E-state index contributed by atoms with van der Waals surface area (Å²) in [6, 6.07) is 3.98. The van der Waals surface area contributed by atoms with Gasteiger partial charge >= 0.3 is 0 Å². The van der Waals surface area contributed by atoms with Gasteiger partial charge < -0.3 is 11.1 Å². The lowest BCUT2D eigenvalue weighted by molar-refractivity contribution is 0.0948. The Morgan fingerprint density at radius 2 is 2.19 bits per heavy atom. The van der Waals surface area contributed by atoms with Crippen LogP contribution in [0.3, 0.4) is 0 Å². The first kappa shape index (κ1) is 12.5. The highest BCUT2D eigenvalue weighted by Gasteiger charge is 2.11. The fourth-order valence-electron chi connectivity index (χ4n) is 1.29. The van der Waals surface area contributed by atoms with E-state index >= 15 is 0 Å². The average molecular weight is 224 g/mol. The third-order valence-electron chi connectivity index (χ3n) is 2.24. The van der Waals surface area contributed by atoms with Crippen molar-refractivity contribution >= 4 is 11.6 Å². The summed E-state index contributed by atoms with van der Waals surface area (Å²) >= 11 is 0. The Bertz CT molecular complexity index is 377. The van der Waals surface area contributed by atoms with E-state index in [0.717, 1.165) is 6.42 Å². The molecule has 0 unspecified atom stereocenters. The molecular formula is C12H17FN2O. The van der Waals surface area contributed by atoms with Gasteiger partial charge in [0.2, 0.25) is 0 Å². The molecule has 0 aromatic heterocycles. The number of anilines is 1. The van der Waals surface area contributed by atoms with Crippen LogP contribution in [0.4, 0.5) is 10.1 Å². The van der Waals surface area contributed by atoms with Crippen LogP contribution in [0.1, 0.15) is 30.6 Å². The summed E-state index contributed by atoms with van der Waals surface area (Å²) in [6.45, 7) is 4.67. The molecule has 0 bridgehead atoms. The van der Waals surface area contributed by atoms with E-state index in [1.807, 2.05) is 0 Å². The van der Waals surface area contributed by atoms with Crippen molar-refractivity contribution < 1.29 is 9.18 Å². The Hall–Kier alpha value is -1.58. The maximum atomic E-state index is 13.3.